The Labute approximate surface area is 128 Å². The van der Waals surface area contributed by atoms with E-state index in [1.807, 2.05) is 6.07 Å². The van der Waals surface area contributed by atoms with Crippen LogP contribution < -0.4 is 5.32 Å². The minimum absolute atomic E-state index is 0.642. The van der Waals surface area contributed by atoms with Crippen LogP contribution in [0.2, 0.25) is 5.02 Å². The quantitative estimate of drug-likeness (QED) is 0.802. The summed E-state index contributed by atoms with van der Waals surface area (Å²) in [6.07, 6.45) is 8.24. The molecule has 0 spiro atoms. The summed E-state index contributed by atoms with van der Waals surface area (Å²) in [6, 6.07) is 9.05. The van der Waals surface area contributed by atoms with Gasteiger partial charge >= 0.3 is 0 Å². The molecule has 1 N–H and O–H groups in total. The van der Waals surface area contributed by atoms with E-state index >= 15 is 0 Å². The van der Waals surface area contributed by atoms with Gasteiger partial charge in [0.25, 0.3) is 0 Å². The smallest absolute Gasteiger partial charge is 0.0408 e. The van der Waals surface area contributed by atoms with Gasteiger partial charge in [0.2, 0.25) is 0 Å². The molecule has 2 heteroatoms. The third kappa shape index (κ3) is 3.20. The molecule has 0 heterocycles. The minimum atomic E-state index is 0.642. The molecular formula is C18H26ClN. The number of halogens is 1. The van der Waals surface area contributed by atoms with Gasteiger partial charge in [-0.2, -0.15) is 0 Å². The summed E-state index contributed by atoms with van der Waals surface area (Å²) in [7, 11) is 0. The maximum Gasteiger partial charge on any atom is 0.0408 e. The van der Waals surface area contributed by atoms with E-state index in [9.17, 15) is 0 Å². The Kier molecular flexibility index (Phi) is 4.68. The van der Waals surface area contributed by atoms with Gasteiger partial charge in [-0.15, -0.1) is 0 Å². The van der Waals surface area contributed by atoms with Crippen molar-refractivity contribution in [3.8, 4) is 0 Å². The minimum Gasteiger partial charge on any atom is -0.313 e. The number of hydrogen-bond donors (Lipinski definition) is 1. The first-order valence-corrected chi connectivity index (χ1v) is 8.62. The van der Waals surface area contributed by atoms with E-state index in [0.717, 1.165) is 35.7 Å². The standard InChI is InChI=1S/C18H26ClN/c1-2-8-20-18(12-13-4-3-5-16(19)10-13)17-11-14-6-7-15(17)9-14/h3-5,10,14-15,17-18,20H,2,6-9,11-12H2,1H3. The van der Waals surface area contributed by atoms with E-state index in [0.29, 0.717) is 6.04 Å². The topological polar surface area (TPSA) is 12.0 Å². The number of benzene rings is 1. The fraction of sp³-hybridized carbons (Fsp3) is 0.667. The fourth-order valence-electron chi connectivity index (χ4n) is 4.41. The Balaban J connectivity index is 1.69. The first-order chi connectivity index (χ1) is 9.76. The lowest BCUT2D eigenvalue weighted by Gasteiger charge is -2.31. The summed E-state index contributed by atoms with van der Waals surface area (Å²) in [5.41, 5.74) is 1.38. The van der Waals surface area contributed by atoms with Crippen molar-refractivity contribution in [3.05, 3.63) is 34.9 Å². The molecule has 0 amide bonds. The van der Waals surface area contributed by atoms with E-state index < -0.39 is 0 Å². The van der Waals surface area contributed by atoms with Gasteiger partial charge in [0, 0.05) is 11.1 Å². The van der Waals surface area contributed by atoms with Gasteiger partial charge < -0.3 is 5.32 Å². The van der Waals surface area contributed by atoms with Gasteiger partial charge in [0.15, 0.2) is 0 Å². The molecule has 2 aliphatic carbocycles. The van der Waals surface area contributed by atoms with Crippen LogP contribution in [0.15, 0.2) is 24.3 Å². The van der Waals surface area contributed by atoms with Crippen LogP contribution in [0.5, 0.6) is 0 Å². The number of nitrogens with one attached hydrogen (secondary N) is 1. The van der Waals surface area contributed by atoms with Crippen molar-refractivity contribution in [3.63, 3.8) is 0 Å². The summed E-state index contributed by atoms with van der Waals surface area (Å²) < 4.78 is 0. The van der Waals surface area contributed by atoms with Gasteiger partial charge in [-0.3, -0.25) is 0 Å². The summed E-state index contributed by atoms with van der Waals surface area (Å²) in [5, 5.41) is 4.69. The highest BCUT2D eigenvalue weighted by atomic mass is 35.5. The molecule has 0 saturated heterocycles. The SMILES string of the molecule is CCCNC(Cc1cccc(Cl)c1)C1CC2CCC1C2. The van der Waals surface area contributed by atoms with Crippen molar-refractivity contribution < 1.29 is 0 Å². The molecule has 1 nitrogen and oxygen atoms in total. The lowest BCUT2D eigenvalue weighted by atomic mass is 9.81. The van der Waals surface area contributed by atoms with Crippen molar-refractivity contribution >= 4 is 11.6 Å². The molecule has 2 fully saturated rings. The molecule has 20 heavy (non-hydrogen) atoms. The van der Waals surface area contributed by atoms with Gasteiger partial charge in [0.05, 0.1) is 0 Å². The lowest BCUT2D eigenvalue weighted by Crippen LogP contribution is -2.40. The van der Waals surface area contributed by atoms with Crippen molar-refractivity contribution in [1.29, 1.82) is 0 Å². The molecule has 2 saturated carbocycles. The molecule has 2 bridgehead atoms. The van der Waals surface area contributed by atoms with Crippen molar-refractivity contribution in [2.24, 2.45) is 17.8 Å². The van der Waals surface area contributed by atoms with E-state index in [2.05, 4.69) is 30.4 Å². The van der Waals surface area contributed by atoms with Crippen LogP contribution in [-0.4, -0.2) is 12.6 Å². The first kappa shape index (κ1) is 14.4. The normalized spacial score (nSPS) is 29.8. The summed E-state index contributed by atoms with van der Waals surface area (Å²) in [5.74, 6) is 2.89. The zero-order chi connectivity index (χ0) is 13.9. The highest BCUT2D eigenvalue weighted by Gasteiger charge is 2.42. The van der Waals surface area contributed by atoms with Gasteiger partial charge in [-0.05, 0) is 74.1 Å². The van der Waals surface area contributed by atoms with E-state index in [1.165, 1.54) is 37.7 Å². The molecule has 0 aliphatic heterocycles. The van der Waals surface area contributed by atoms with Crippen LogP contribution in [0.3, 0.4) is 0 Å². The third-order valence-electron chi connectivity index (χ3n) is 5.31. The molecule has 2 aliphatic rings. The molecule has 4 unspecified atom stereocenters. The van der Waals surface area contributed by atoms with Crippen LogP contribution >= 0.6 is 11.6 Å². The second-order valence-corrected chi connectivity index (χ2v) is 7.17. The van der Waals surface area contributed by atoms with Crippen LogP contribution in [0, 0.1) is 17.8 Å². The van der Waals surface area contributed by atoms with Crippen LogP contribution in [-0.2, 0) is 6.42 Å². The van der Waals surface area contributed by atoms with Crippen LogP contribution in [0.1, 0.15) is 44.6 Å². The van der Waals surface area contributed by atoms with Crippen LogP contribution in [0.4, 0.5) is 0 Å². The molecule has 4 atom stereocenters. The monoisotopic (exact) mass is 291 g/mol. The average molecular weight is 292 g/mol. The highest BCUT2D eigenvalue weighted by molar-refractivity contribution is 6.30. The van der Waals surface area contributed by atoms with Crippen molar-refractivity contribution in [1.82, 2.24) is 5.32 Å². The largest absolute Gasteiger partial charge is 0.313 e. The number of fused-ring (bicyclic) bond motifs is 2. The van der Waals surface area contributed by atoms with Gasteiger partial charge in [0.1, 0.15) is 0 Å². The molecule has 1 aromatic rings. The Hall–Kier alpha value is -0.530. The second kappa shape index (κ2) is 6.49. The zero-order valence-electron chi connectivity index (χ0n) is 12.4. The Morgan fingerprint density at radius 3 is 2.85 bits per heavy atom. The second-order valence-electron chi connectivity index (χ2n) is 6.73. The number of hydrogen-bond acceptors (Lipinski definition) is 1. The average Bonchev–Trinajstić information content (AvgIpc) is 3.06. The Bertz CT molecular complexity index is 445. The van der Waals surface area contributed by atoms with Gasteiger partial charge in [-0.1, -0.05) is 37.1 Å². The summed E-state index contributed by atoms with van der Waals surface area (Å²) in [6.45, 7) is 3.39. The lowest BCUT2D eigenvalue weighted by molar-refractivity contribution is 0.247. The zero-order valence-corrected chi connectivity index (χ0v) is 13.2. The first-order valence-electron chi connectivity index (χ1n) is 8.24. The number of rotatable bonds is 6. The van der Waals surface area contributed by atoms with E-state index in [4.69, 9.17) is 11.6 Å². The molecule has 0 aromatic heterocycles. The van der Waals surface area contributed by atoms with Crippen molar-refractivity contribution in [2.45, 2.75) is 51.5 Å². The molecule has 3 rings (SSSR count). The Morgan fingerprint density at radius 2 is 2.20 bits per heavy atom. The van der Waals surface area contributed by atoms with E-state index in [1.54, 1.807) is 0 Å². The third-order valence-corrected chi connectivity index (χ3v) is 5.55. The maximum atomic E-state index is 6.13. The van der Waals surface area contributed by atoms with Gasteiger partial charge in [-0.25, -0.2) is 0 Å². The summed E-state index contributed by atoms with van der Waals surface area (Å²) >= 11 is 6.13. The Morgan fingerprint density at radius 1 is 1.30 bits per heavy atom. The highest BCUT2D eigenvalue weighted by Crippen LogP contribution is 2.49. The van der Waals surface area contributed by atoms with Crippen molar-refractivity contribution in [2.75, 3.05) is 6.54 Å². The summed E-state index contributed by atoms with van der Waals surface area (Å²) in [4.78, 5) is 0. The predicted octanol–water partition coefficient (Wildman–Crippen LogP) is 4.69. The molecule has 1 aromatic carbocycles. The molecular weight excluding hydrogens is 266 g/mol. The van der Waals surface area contributed by atoms with E-state index in [-0.39, 0.29) is 0 Å². The predicted molar refractivity (Wildman–Crippen MR) is 86.2 cm³/mol. The van der Waals surface area contributed by atoms with Crippen LogP contribution in [0.25, 0.3) is 0 Å². The molecule has 0 radical (unpaired) electrons. The molecule has 110 valence electrons. The fourth-order valence-corrected chi connectivity index (χ4v) is 4.62. The maximum absolute atomic E-state index is 6.13.